The molecule has 6 nitrogen and oxygen atoms in total. The van der Waals surface area contributed by atoms with Gasteiger partial charge in [0.1, 0.15) is 4.90 Å². The second-order valence-electron chi connectivity index (χ2n) is 3.79. The average molecular weight is 293 g/mol. The number of carboxylic acid groups (broad SMARTS) is 1. The van der Waals surface area contributed by atoms with Gasteiger partial charge in [0, 0.05) is 6.54 Å². The molecular formula is C10H9F2NO5S. The monoisotopic (exact) mass is 293 g/mol. The summed E-state index contributed by atoms with van der Waals surface area (Å²) in [6.07, 6.45) is 0.419. The molecule has 1 aromatic carbocycles. The van der Waals surface area contributed by atoms with Crippen molar-refractivity contribution in [2.75, 3.05) is 13.2 Å². The Morgan fingerprint density at radius 3 is 2.58 bits per heavy atom. The zero-order valence-electron chi connectivity index (χ0n) is 9.47. The van der Waals surface area contributed by atoms with Gasteiger partial charge in [-0.05, 0) is 18.6 Å². The average Bonchev–Trinajstić information content (AvgIpc) is 2.86. The summed E-state index contributed by atoms with van der Waals surface area (Å²) in [6.45, 7) is 0.142. The van der Waals surface area contributed by atoms with Gasteiger partial charge in [-0.3, -0.25) is 4.84 Å². The Kier molecular flexibility index (Phi) is 3.52. The Bertz CT molecular complexity index is 625. The summed E-state index contributed by atoms with van der Waals surface area (Å²) in [5.74, 6) is -4.73. The Labute approximate surface area is 107 Å². The van der Waals surface area contributed by atoms with E-state index in [1.165, 1.54) is 0 Å². The predicted molar refractivity (Wildman–Crippen MR) is 57.8 cm³/mol. The van der Waals surface area contributed by atoms with Gasteiger partial charge >= 0.3 is 5.97 Å². The molecule has 2 rings (SSSR count). The number of hydroxylamine groups is 1. The highest BCUT2D eigenvalue weighted by Crippen LogP contribution is 2.25. The first-order valence-electron chi connectivity index (χ1n) is 5.22. The van der Waals surface area contributed by atoms with Crippen molar-refractivity contribution in [2.24, 2.45) is 0 Å². The first-order valence-corrected chi connectivity index (χ1v) is 6.66. The van der Waals surface area contributed by atoms with Crippen molar-refractivity contribution < 1.29 is 31.9 Å². The number of sulfonamides is 1. The van der Waals surface area contributed by atoms with E-state index in [0.29, 0.717) is 23.0 Å². The summed E-state index contributed by atoms with van der Waals surface area (Å²) < 4.78 is 51.3. The van der Waals surface area contributed by atoms with E-state index in [4.69, 9.17) is 9.94 Å². The maximum absolute atomic E-state index is 13.6. The number of carbonyl (C=O) groups is 1. The van der Waals surface area contributed by atoms with E-state index >= 15 is 0 Å². The molecule has 0 aromatic heterocycles. The first-order chi connectivity index (χ1) is 8.84. The molecule has 1 N–H and O–H groups in total. The number of carboxylic acids is 1. The van der Waals surface area contributed by atoms with Crippen molar-refractivity contribution in [1.82, 2.24) is 4.47 Å². The van der Waals surface area contributed by atoms with Crippen LogP contribution in [0.25, 0.3) is 0 Å². The fourth-order valence-electron chi connectivity index (χ4n) is 1.60. The van der Waals surface area contributed by atoms with Crippen LogP contribution in [0.3, 0.4) is 0 Å². The molecule has 19 heavy (non-hydrogen) atoms. The van der Waals surface area contributed by atoms with Gasteiger partial charge in [-0.25, -0.2) is 22.0 Å². The van der Waals surface area contributed by atoms with Crippen LogP contribution in [0.4, 0.5) is 8.78 Å². The highest BCUT2D eigenvalue weighted by atomic mass is 32.2. The first kappa shape index (κ1) is 13.8. The number of nitrogens with zero attached hydrogens (tertiary/aromatic N) is 1. The molecule has 0 amide bonds. The molecule has 9 heteroatoms. The predicted octanol–water partition coefficient (Wildman–Crippen LogP) is 0.989. The van der Waals surface area contributed by atoms with E-state index < -0.39 is 38.1 Å². The molecule has 0 atom stereocenters. The number of halogens is 2. The Morgan fingerprint density at radius 1 is 1.37 bits per heavy atom. The van der Waals surface area contributed by atoms with Crippen LogP contribution in [-0.4, -0.2) is 37.1 Å². The minimum Gasteiger partial charge on any atom is -0.478 e. The quantitative estimate of drug-likeness (QED) is 0.898. The minimum atomic E-state index is -4.42. The minimum absolute atomic E-state index is 0.000686. The molecule has 104 valence electrons. The number of hydrogen-bond donors (Lipinski definition) is 1. The van der Waals surface area contributed by atoms with Crippen LogP contribution in [0, 0.1) is 11.6 Å². The molecule has 1 aliphatic rings. The maximum Gasteiger partial charge on any atom is 0.335 e. The summed E-state index contributed by atoms with van der Waals surface area (Å²) in [6, 6.07) is 0.985. The lowest BCUT2D eigenvalue weighted by Gasteiger charge is -2.15. The number of rotatable bonds is 3. The molecule has 1 saturated heterocycles. The summed E-state index contributed by atoms with van der Waals surface area (Å²) in [7, 11) is -4.42. The van der Waals surface area contributed by atoms with E-state index in [2.05, 4.69) is 0 Å². The number of benzene rings is 1. The second-order valence-corrected chi connectivity index (χ2v) is 5.59. The van der Waals surface area contributed by atoms with Crippen LogP contribution in [0.15, 0.2) is 17.0 Å². The molecule has 0 bridgehead atoms. The zero-order valence-corrected chi connectivity index (χ0v) is 10.3. The lowest BCUT2D eigenvalue weighted by atomic mass is 10.2. The fourth-order valence-corrected chi connectivity index (χ4v) is 3.00. The summed E-state index contributed by atoms with van der Waals surface area (Å²) in [5, 5.41) is 8.73. The molecule has 0 unspecified atom stereocenters. The van der Waals surface area contributed by atoms with Crippen LogP contribution >= 0.6 is 0 Å². The smallest absolute Gasteiger partial charge is 0.335 e. The summed E-state index contributed by atoms with van der Waals surface area (Å²) in [5.41, 5.74) is -0.656. The van der Waals surface area contributed by atoms with E-state index in [-0.39, 0.29) is 13.2 Å². The van der Waals surface area contributed by atoms with Gasteiger partial charge in [0.2, 0.25) is 0 Å². The van der Waals surface area contributed by atoms with Crippen molar-refractivity contribution >= 4 is 16.0 Å². The molecule has 1 aromatic rings. The molecule has 1 fully saturated rings. The van der Waals surface area contributed by atoms with E-state index in [1.54, 1.807) is 0 Å². The maximum atomic E-state index is 13.6. The highest BCUT2D eigenvalue weighted by Gasteiger charge is 2.33. The SMILES string of the molecule is O=C(O)c1cc(F)c(F)c(S(=O)(=O)N2CCCO2)c1. The largest absolute Gasteiger partial charge is 0.478 e. The van der Waals surface area contributed by atoms with Gasteiger partial charge in [-0.15, -0.1) is 0 Å². The van der Waals surface area contributed by atoms with Gasteiger partial charge in [0.25, 0.3) is 10.0 Å². The lowest BCUT2D eigenvalue weighted by molar-refractivity contribution is -0.0286. The topological polar surface area (TPSA) is 83.9 Å². The summed E-state index contributed by atoms with van der Waals surface area (Å²) in [4.78, 5) is 14.5. The van der Waals surface area contributed by atoms with Crippen molar-refractivity contribution in [3.8, 4) is 0 Å². The molecule has 0 radical (unpaired) electrons. The Balaban J connectivity index is 2.57. The van der Waals surface area contributed by atoms with Crippen LogP contribution in [0.2, 0.25) is 0 Å². The Hall–Kier alpha value is -1.58. The third-order valence-corrected chi connectivity index (χ3v) is 4.19. The summed E-state index contributed by atoms with van der Waals surface area (Å²) >= 11 is 0. The van der Waals surface area contributed by atoms with Crippen molar-refractivity contribution in [1.29, 1.82) is 0 Å². The van der Waals surface area contributed by atoms with Gasteiger partial charge < -0.3 is 5.11 Å². The molecule has 0 spiro atoms. The van der Waals surface area contributed by atoms with Gasteiger partial charge in [0.15, 0.2) is 11.6 Å². The molecule has 0 aliphatic carbocycles. The molecule has 1 aliphatic heterocycles. The van der Waals surface area contributed by atoms with Crippen molar-refractivity contribution in [3.63, 3.8) is 0 Å². The third-order valence-electron chi connectivity index (χ3n) is 2.51. The van der Waals surface area contributed by atoms with Crippen LogP contribution in [0.1, 0.15) is 16.8 Å². The van der Waals surface area contributed by atoms with Gasteiger partial charge in [0.05, 0.1) is 12.2 Å². The molecule has 1 heterocycles. The fraction of sp³-hybridized carbons (Fsp3) is 0.300. The lowest BCUT2D eigenvalue weighted by Crippen LogP contribution is -2.28. The van der Waals surface area contributed by atoms with Crippen LogP contribution < -0.4 is 0 Å². The van der Waals surface area contributed by atoms with E-state index in [1.807, 2.05) is 0 Å². The third kappa shape index (κ3) is 2.44. The molecular weight excluding hydrogens is 284 g/mol. The molecule has 0 saturated carbocycles. The zero-order chi connectivity index (χ0) is 14.2. The second kappa shape index (κ2) is 4.83. The number of aromatic carboxylic acids is 1. The standard InChI is InChI=1S/C10H9F2NO5S/c11-7-4-6(10(14)15)5-8(9(7)12)19(16,17)13-2-1-3-18-13/h4-5H,1-3H2,(H,14,15). The van der Waals surface area contributed by atoms with E-state index in [0.717, 1.165) is 0 Å². The Morgan fingerprint density at radius 2 is 2.05 bits per heavy atom. The highest BCUT2D eigenvalue weighted by molar-refractivity contribution is 7.89. The number of hydrogen-bond acceptors (Lipinski definition) is 4. The van der Waals surface area contributed by atoms with Crippen molar-refractivity contribution in [3.05, 3.63) is 29.3 Å². The van der Waals surface area contributed by atoms with Gasteiger partial charge in [-0.2, -0.15) is 0 Å². The van der Waals surface area contributed by atoms with Gasteiger partial charge in [-0.1, -0.05) is 4.47 Å². The normalized spacial score (nSPS) is 16.7. The van der Waals surface area contributed by atoms with E-state index in [9.17, 15) is 22.0 Å². The van der Waals surface area contributed by atoms with Crippen LogP contribution in [-0.2, 0) is 14.9 Å². The van der Waals surface area contributed by atoms with Crippen molar-refractivity contribution in [2.45, 2.75) is 11.3 Å². The van der Waals surface area contributed by atoms with Crippen LogP contribution in [0.5, 0.6) is 0 Å².